The fourth-order valence-corrected chi connectivity index (χ4v) is 1.64. The highest BCUT2D eigenvalue weighted by Crippen LogP contribution is 2.29. The lowest BCUT2D eigenvalue weighted by Gasteiger charge is -2.11. The molecule has 0 radical (unpaired) electrons. The quantitative estimate of drug-likeness (QED) is 0.895. The summed E-state index contributed by atoms with van der Waals surface area (Å²) >= 11 is 5.85. The van der Waals surface area contributed by atoms with Crippen LogP contribution < -0.4 is 5.32 Å². The maximum atomic E-state index is 13.6. The van der Waals surface area contributed by atoms with Gasteiger partial charge in [0, 0.05) is 12.4 Å². The van der Waals surface area contributed by atoms with Gasteiger partial charge in [-0.25, -0.2) is 9.18 Å². The minimum absolute atomic E-state index is 0.0351. The Bertz CT molecular complexity index is 584. The number of aromatic nitrogens is 1. The number of halogens is 2. The van der Waals surface area contributed by atoms with Gasteiger partial charge in [0.15, 0.2) is 0 Å². The normalized spacial score (nSPS) is 10.1. The molecule has 0 atom stereocenters. The predicted molar refractivity (Wildman–Crippen MR) is 65.9 cm³/mol. The van der Waals surface area contributed by atoms with Gasteiger partial charge in [0.25, 0.3) is 0 Å². The number of carboxylic acid groups (broad SMARTS) is 1. The zero-order chi connectivity index (χ0) is 13.1. The maximum Gasteiger partial charge on any atom is 0.339 e. The van der Waals surface area contributed by atoms with Gasteiger partial charge in [-0.15, -0.1) is 0 Å². The molecule has 0 bridgehead atoms. The molecule has 0 saturated heterocycles. The van der Waals surface area contributed by atoms with E-state index in [9.17, 15) is 9.18 Å². The molecule has 0 aliphatic carbocycles. The topological polar surface area (TPSA) is 62.2 Å². The van der Waals surface area contributed by atoms with Crippen LogP contribution in [0, 0.1) is 5.82 Å². The van der Waals surface area contributed by atoms with Crippen molar-refractivity contribution in [3.05, 3.63) is 53.1 Å². The molecule has 0 aliphatic heterocycles. The lowest BCUT2D eigenvalue weighted by atomic mass is 10.2. The SMILES string of the molecule is O=C(O)c1cnccc1Nc1c(F)cccc1Cl. The van der Waals surface area contributed by atoms with E-state index in [4.69, 9.17) is 16.7 Å². The Balaban J connectivity index is 2.43. The third-order valence-electron chi connectivity index (χ3n) is 2.27. The van der Waals surface area contributed by atoms with Crippen molar-refractivity contribution in [2.24, 2.45) is 0 Å². The van der Waals surface area contributed by atoms with Crippen molar-refractivity contribution in [1.82, 2.24) is 4.98 Å². The second-order valence-electron chi connectivity index (χ2n) is 3.45. The van der Waals surface area contributed by atoms with Crippen LogP contribution in [0.5, 0.6) is 0 Å². The van der Waals surface area contributed by atoms with E-state index in [0.717, 1.165) is 0 Å². The molecule has 2 N–H and O–H groups in total. The number of carboxylic acids is 1. The Hall–Kier alpha value is -2.14. The van der Waals surface area contributed by atoms with Crippen LogP contribution in [0.2, 0.25) is 5.02 Å². The maximum absolute atomic E-state index is 13.6. The average Bonchev–Trinajstić information content (AvgIpc) is 2.34. The van der Waals surface area contributed by atoms with Crippen molar-refractivity contribution < 1.29 is 14.3 Å². The van der Waals surface area contributed by atoms with Gasteiger partial charge in [0.05, 0.1) is 16.4 Å². The number of benzene rings is 1. The lowest BCUT2D eigenvalue weighted by molar-refractivity contribution is 0.0697. The van der Waals surface area contributed by atoms with Crippen LogP contribution in [0.25, 0.3) is 0 Å². The molecule has 1 aromatic carbocycles. The van der Waals surface area contributed by atoms with Crippen molar-refractivity contribution in [2.45, 2.75) is 0 Å². The van der Waals surface area contributed by atoms with E-state index in [0.29, 0.717) is 0 Å². The average molecular weight is 267 g/mol. The van der Waals surface area contributed by atoms with E-state index in [2.05, 4.69) is 10.3 Å². The van der Waals surface area contributed by atoms with Gasteiger partial charge >= 0.3 is 5.97 Å². The number of nitrogens with one attached hydrogen (secondary N) is 1. The summed E-state index contributed by atoms with van der Waals surface area (Å²) in [6.45, 7) is 0. The second-order valence-corrected chi connectivity index (χ2v) is 3.86. The largest absolute Gasteiger partial charge is 0.478 e. The molecule has 0 unspecified atom stereocenters. The first kappa shape index (κ1) is 12.3. The summed E-state index contributed by atoms with van der Waals surface area (Å²) in [5.41, 5.74) is 0.203. The van der Waals surface area contributed by atoms with Gasteiger partial charge in [-0.2, -0.15) is 0 Å². The Kier molecular flexibility index (Phi) is 3.43. The fourth-order valence-electron chi connectivity index (χ4n) is 1.43. The predicted octanol–water partition coefficient (Wildman–Crippen LogP) is 3.32. The minimum Gasteiger partial charge on any atom is -0.478 e. The summed E-state index contributed by atoms with van der Waals surface area (Å²) in [6.07, 6.45) is 2.59. The summed E-state index contributed by atoms with van der Waals surface area (Å²) in [7, 11) is 0. The first-order chi connectivity index (χ1) is 8.59. The van der Waals surface area contributed by atoms with Crippen LogP contribution >= 0.6 is 11.6 Å². The monoisotopic (exact) mass is 266 g/mol. The number of aromatic carboxylic acids is 1. The van der Waals surface area contributed by atoms with E-state index >= 15 is 0 Å². The van der Waals surface area contributed by atoms with Crippen LogP contribution in [0.3, 0.4) is 0 Å². The van der Waals surface area contributed by atoms with Crippen molar-refractivity contribution >= 4 is 28.9 Å². The van der Waals surface area contributed by atoms with E-state index in [1.807, 2.05) is 0 Å². The zero-order valence-electron chi connectivity index (χ0n) is 9.02. The molecule has 1 heterocycles. The Morgan fingerprint density at radius 1 is 1.39 bits per heavy atom. The summed E-state index contributed by atoms with van der Waals surface area (Å²) in [6, 6.07) is 5.64. The zero-order valence-corrected chi connectivity index (χ0v) is 9.78. The standard InChI is InChI=1S/C12H8ClFN2O2/c13-8-2-1-3-9(14)11(8)16-10-4-5-15-6-7(10)12(17)18/h1-6H,(H,15,16)(H,17,18). The van der Waals surface area contributed by atoms with Gasteiger partial charge in [0.2, 0.25) is 0 Å². The third kappa shape index (κ3) is 2.41. The molecule has 0 aliphatic rings. The van der Waals surface area contributed by atoms with Crippen molar-refractivity contribution in [1.29, 1.82) is 0 Å². The molecule has 0 spiro atoms. The molecular formula is C12H8ClFN2O2. The first-order valence-corrected chi connectivity index (χ1v) is 5.35. The van der Waals surface area contributed by atoms with Crippen LogP contribution in [0.15, 0.2) is 36.7 Å². The fraction of sp³-hybridized carbons (Fsp3) is 0. The molecule has 6 heteroatoms. The van der Waals surface area contributed by atoms with E-state index < -0.39 is 11.8 Å². The minimum atomic E-state index is -1.15. The highest BCUT2D eigenvalue weighted by atomic mass is 35.5. The first-order valence-electron chi connectivity index (χ1n) is 4.98. The molecule has 0 amide bonds. The molecular weight excluding hydrogens is 259 g/mol. The molecule has 2 aromatic rings. The molecule has 2 rings (SSSR count). The van der Waals surface area contributed by atoms with Crippen LogP contribution in [-0.2, 0) is 0 Å². The Morgan fingerprint density at radius 3 is 2.83 bits per heavy atom. The number of para-hydroxylation sites is 1. The van der Waals surface area contributed by atoms with Gasteiger partial charge in [-0.05, 0) is 18.2 Å². The summed E-state index contributed by atoms with van der Waals surface area (Å²) in [4.78, 5) is 14.7. The summed E-state index contributed by atoms with van der Waals surface area (Å²) in [5, 5.41) is 11.8. The smallest absolute Gasteiger partial charge is 0.339 e. The highest BCUT2D eigenvalue weighted by Gasteiger charge is 2.13. The van der Waals surface area contributed by atoms with Gasteiger partial charge in [-0.3, -0.25) is 4.98 Å². The number of nitrogens with zero attached hydrogens (tertiary/aromatic N) is 1. The molecule has 18 heavy (non-hydrogen) atoms. The van der Waals surface area contributed by atoms with Crippen molar-refractivity contribution in [2.75, 3.05) is 5.32 Å². The number of pyridine rings is 1. The molecule has 92 valence electrons. The molecule has 0 saturated carbocycles. The summed E-state index contributed by atoms with van der Waals surface area (Å²) in [5.74, 6) is -1.71. The van der Waals surface area contributed by atoms with E-state index in [1.54, 1.807) is 0 Å². The highest BCUT2D eigenvalue weighted by molar-refractivity contribution is 6.33. The third-order valence-corrected chi connectivity index (χ3v) is 2.59. The molecule has 1 aromatic heterocycles. The van der Waals surface area contributed by atoms with Crippen LogP contribution in [-0.4, -0.2) is 16.1 Å². The second kappa shape index (κ2) is 5.01. The number of hydrogen-bond donors (Lipinski definition) is 2. The van der Waals surface area contributed by atoms with Crippen LogP contribution in [0.1, 0.15) is 10.4 Å². The van der Waals surface area contributed by atoms with Gasteiger partial charge in [-0.1, -0.05) is 17.7 Å². The van der Waals surface area contributed by atoms with E-state index in [1.165, 1.54) is 36.7 Å². The summed E-state index contributed by atoms with van der Waals surface area (Å²) < 4.78 is 13.6. The van der Waals surface area contributed by atoms with Gasteiger partial charge < -0.3 is 10.4 Å². The lowest BCUT2D eigenvalue weighted by Crippen LogP contribution is -2.04. The molecule has 4 nitrogen and oxygen atoms in total. The van der Waals surface area contributed by atoms with Crippen LogP contribution in [0.4, 0.5) is 15.8 Å². The van der Waals surface area contributed by atoms with E-state index in [-0.39, 0.29) is 22.0 Å². The number of rotatable bonds is 3. The number of carbonyl (C=O) groups is 1. The Morgan fingerprint density at radius 2 is 2.17 bits per heavy atom. The Labute approximate surface area is 107 Å². The number of hydrogen-bond acceptors (Lipinski definition) is 3. The number of anilines is 2. The van der Waals surface area contributed by atoms with Crippen molar-refractivity contribution in [3.63, 3.8) is 0 Å². The molecule has 0 fully saturated rings. The van der Waals surface area contributed by atoms with Crippen molar-refractivity contribution in [3.8, 4) is 0 Å². The van der Waals surface area contributed by atoms with Gasteiger partial charge in [0.1, 0.15) is 11.4 Å².